The van der Waals surface area contributed by atoms with Gasteiger partial charge in [-0.2, -0.15) is 0 Å². The molecule has 54 heavy (non-hydrogen) atoms. The van der Waals surface area contributed by atoms with Crippen molar-refractivity contribution in [1.82, 2.24) is 26.2 Å². The van der Waals surface area contributed by atoms with Crippen molar-refractivity contribution >= 4 is 29.5 Å². The molecule has 0 aliphatic heterocycles. The molecule has 0 heterocycles. The van der Waals surface area contributed by atoms with Gasteiger partial charge in [-0.1, -0.05) is 45.4 Å². The summed E-state index contributed by atoms with van der Waals surface area (Å²) in [5.74, 6) is -1.29. The largest absolute Gasteiger partial charge is 0.354 e. The van der Waals surface area contributed by atoms with Crippen LogP contribution in [0.15, 0.2) is 0 Å². The Bertz CT molecular complexity index is 943. The summed E-state index contributed by atoms with van der Waals surface area (Å²) in [4.78, 5) is 66.9. The van der Waals surface area contributed by atoms with Gasteiger partial charge in [0.2, 0.25) is 29.5 Å². The maximum absolute atomic E-state index is 13.3. The molecule has 0 saturated carbocycles. The Labute approximate surface area is 325 Å². The molecule has 0 aromatic carbocycles. The van der Waals surface area contributed by atoms with E-state index in [-0.39, 0.29) is 29.5 Å². The van der Waals surface area contributed by atoms with E-state index >= 15 is 0 Å². The highest BCUT2D eigenvalue weighted by molar-refractivity contribution is 5.90. The smallest absolute Gasteiger partial charge is 0.242 e. The number of nitrogens with zero attached hydrogens (tertiary/aromatic N) is 1. The molecule has 0 saturated heterocycles. The lowest BCUT2D eigenvalue weighted by Gasteiger charge is -2.24. The van der Waals surface area contributed by atoms with Crippen LogP contribution < -0.4 is 55.7 Å². The molecule has 0 rings (SSSR count). The Morgan fingerprint density at radius 1 is 0.481 bits per heavy atom. The Hall–Kier alpha value is -2.89. The molecule has 0 radical (unpaired) electrons. The van der Waals surface area contributed by atoms with Gasteiger partial charge in [-0.05, 0) is 110 Å². The SMILES string of the molecule is CCCCCCCC(=O)N(CCCNC(=O)[C@@H](CCCCN)NC(=O)[C@H](N)CCCCN)CCCNC(=O)[C@@H](CCCCN)NC(=O)[C@H](N)CCCCN. The zero-order valence-electron chi connectivity index (χ0n) is 33.6. The van der Waals surface area contributed by atoms with Crippen LogP contribution in [0.1, 0.15) is 135 Å². The fourth-order valence-corrected chi connectivity index (χ4v) is 5.97. The number of carbonyl (C=O) groups excluding carboxylic acids is 5. The molecule has 0 aromatic heterocycles. The highest BCUT2D eigenvalue weighted by atomic mass is 16.2. The van der Waals surface area contributed by atoms with Gasteiger partial charge in [0.25, 0.3) is 0 Å². The van der Waals surface area contributed by atoms with Crippen molar-refractivity contribution in [3.63, 3.8) is 0 Å². The standard InChI is InChI=1S/C38H79N11O5/c1-2-3-4-5-6-21-34(50)49(28-15-26-45-37(53)32(19-9-13-24-41)47-35(51)30(43)17-7-11-22-39)29-16-27-46-38(54)33(20-10-14-25-42)48-36(52)31(44)18-8-12-23-40/h30-33H,2-29,39-44H2,1H3,(H,45,53)(H,46,54)(H,47,51)(H,48,52)/t30-,31-,32-,33-/m1/s1. The third-order valence-electron chi connectivity index (χ3n) is 9.43. The highest BCUT2D eigenvalue weighted by Crippen LogP contribution is 2.09. The number of nitrogens with two attached hydrogens (primary N) is 6. The summed E-state index contributed by atoms with van der Waals surface area (Å²) in [6, 6.07) is -2.90. The van der Waals surface area contributed by atoms with E-state index in [4.69, 9.17) is 34.4 Å². The second-order valence-electron chi connectivity index (χ2n) is 14.3. The number of rotatable bonds is 36. The van der Waals surface area contributed by atoms with Crippen LogP contribution in [0.4, 0.5) is 0 Å². The Morgan fingerprint density at radius 3 is 1.26 bits per heavy atom. The molecule has 16 heteroatoms. The number of hydrogen-bond donors (Lipinski definition) is 10. The lowest BCUT2D eigenvalue weighted by atomic mass is 10.1. The maximum atomic E-state index is 13.3. The van der Waals surface area contributed by atoms with Crippen LogP contribution in [0.3, 0.4) is 0 Å². The topological polar surface area (TPSA) is 293 Å². The maximum Gasteiger partial charge on any atom is 0.242 e. The molecule has 5 amide bonds. The van der Waals surface area contributed by atoms with Crippen molar-refractivity contribution in [2.24, 2.45) is 34.4 Å². The molecule has 4 atom stereocenters. The van der Waals surface area contributed by atoms with Gasteiger partial charge < -0.3 is 60.6 Å². The summed E-state index contributed by atoms with van der Waals surface area (Å²) in [7, 11) is 0. The fourth-order valence-electron chi connectivity index (χ4n) is 5.97. The molecular weight excluding hydrogens is 690 g/mol. The van der Waals surface area contributed by atoms with Crippen LogP contribution >= 0.6 is 0 Å². The highest BCUT2D eigenvalue weighted by Gasteiger charge is 2.25. The first kappa shape index (κ1) is 51.1. The van der Waals surface area contributed by atoms with Gasteiger partial charge in [-0.25, -0.2) is 0 Å². The Morgan fingerprint density at radius 2 is 0.870 bits per heavy atom. The molecule has 0 unspecified atom stereocenters. The predicted octanol–water partition coefficient (Wildman–Crippen LogP) is 0.328. The van der Waals surface area contributed by atoms with E-state index < -0.39 is 24.2 Å². The van der Waals surface area contributed by atoms with Crippen LogP contribution in [-0.2, 0) is 24.0 Å². The van der Waals surface area contributed by atoms with Crippen LogP contribution in [0.25, 0.3) is 0 Å². The second-order valence-corrected chi connectivity index (χ2v) is 14.3. The Balaban J connectivity index is 5.28. The van der Waals surface area contributed by atoms with Crippen molar-refractivity contribution < 1.29 is 24.0 Å². The van der Waals surface area contributed by atoms with E-state index in [1.165, 1.54) is 0 Å². The third kappa shape index (κ3) is 26.0. The van der Waals surface area contributed by atoms with Crippen LogP contribution in [0.2, 0.25) is 0 Å². The first-order valence-electron chi connectivity index (χ1n) is 20.8. The minimum absolute atomic E-state index is 0.0373. The summed E-state index contributed by atoms with van der Waals surface area (Å²) < 4.78 is 0. The minimum atomic E-state index is -0.732. The quantitative estimate of drug-likeness (QED) is 0.0388. The summed E-state index contributed by atoms with van der Waals surface area (Å²) in [6.07, 6.45) is 14.3. The molecule has 0 spiro atoms. The normalized spacial score (nSPS) is 13.4. The van der Waals surface area contributed by atoms with E-state index in [0.717, 1.165) is 70.6 Å². The number of hydrogen-bond acceptors (Lipinski definition) is 11. The molecule has 0 fully saturated rings. The van der Waals surface area contributed by atoms with E-state index in [1.54, 1.807) is 4.90 Å². The molecular formula is C38H79N11O5. The van der Waals surface area contributed by atoms with Crippen molar-refractivity contribution in [2.45, 2.75) is 160 Å². The summed E-state index contributed by atoms with van der Waals surface area (Å²) >= 11 is 0. The van der Waals surface area contributed by atoms with Crippen molar-refractivity contribution in [2.75, 3.05) is 52.4 Å². The average molecular weight is 770 g/mol. The summed E-state index contributed by atoms with van der Waals surface area (Å²) in [5.41, 5.74) is 34.5. The summed E-state index contributed by atoms with van der Waals surface area (Å²) in [6.45, 7) is 5.68. The van der Waals surface area contributed by atoms with Gasteiger partial charge in [0, 0.05) is 32.6 Å². The monoisotopic (exact) mass is 770 g/mol. The van der Waals surface area contributed by atoms with Gasteiger partial charge in [0.15, 0.2) is 0 Å². The first-order chi connectivity index (χ1) is 26.1. The second kappa shape index (κ2) is 34.6. The zero-order valence-corrected chi connectivity index (χ0v) is 33.6. The van der Waals surface area contributed by atoms with E-state index in [2.05, 4.69) is 28.2 Å². The molecule has 0 bridgehead atoms. The van der Waals surface area contributed by atoms with E-state index in [0.29, 0.717) is 110 Å². The average Bonchev–Trinajstić information content (AvgIpc) is 3.16. The summed E-state index contributed by atoms with van der Waals surface area (Å²) in [5, 5.41) is 11.5. The first-order valence-corrected chi connectivity index (χ1v) is 20.8. The molecule has 0 aliphatic carbocycles. The molecule has 16 nitrogen and oxygen atoms in total. The van der Waals surface area contributed by atoms with Gasteiger partial charge in [0.05, 0.1) is 12.1 Å². The number of amides is 5. The third-order valence-corrected chi connectivity index (χ3v) is 9.43. The van der Waals surface area contributed by atoms with Crippen molar-refractivity contribution in [1.29, 1.82) is 0 Å². The van der Waals surface area contributed by atoms with Crippen LogP contribution in [0.5, 0.6) is 0 Å². The molecule has 0 aromatic rings. The van der Waals surface area contributed by atoms with E-state index in [1.807, 2.05) is 0 Å². The lowest BCUT2D eigenvalue weighted by Crippen LogP contribution is -2.52. The van der Waals surface area contributed by atoms with Gasteiger partial charge in [0.1, 0.15) is 12.1 Å². The Kier molecular flexibility index (Phi) is 32.7. The van der Waals surface area contributed by atoms with Gasteiger partial charge >= 0.3 is 0 Å². The fraction of sp³-hybridized carbons (Fsp3) is 0.868. The van der Waals surface area contributed by atoms with Crippen LogP contribution in [-0.4, -0.2) is 111 Å². The zero-order chi connectivity index (χ0) is 40.4. The van der Waals surface area contributed by atoms with Crippen LogP contribution in [0, 0.1) is 0 Å². The van der Waals surface area contributed by atoms with Gasteiger partial charge in [-0.3, -0.25) is 24.0 Å². The minimum Gasteiger partial charge on any atom is -0.354 e. The van der Waals surface area contributed by atoms with Gasteiger partial charge in [-0.15, -0.1) is 0 Å². The number of unbranched alkanes of at least 4 members (excludes halogenated alkanes) is 8. The number of carbonyl (C=O) groups is 5. The van der Waals surface area contributed by atoms with E-state index in [9.17, 15) is 24.0 Å². The van der Waals surface area contributed by atoms with Crippen molar-refractivity contribution in [3.05, 3.63) is 0 Å². The number of nitrogens with one attached hydrogen (secondary N) is 4. The molecule has 16 N–H and O–H groups in total. The molecule has 316 valence electrons. The lowest BCUT2D eigenvalue weighted by molar-refractivity contribution is -0.131. The molecule has 0 aliphatic rings. The van der Waals surface area contributed by atoms with Crippen molar-refractivity contribution in [3.8, 4) is 0 Å². The predicted molar refractivity (Wildman–Crippen MR) is 217 cm³/mol.